The second-order valence-corrected chi connectivity index (χ2v) is 3.70. The van der Waals surface area contributed by atoms with E-state index in [1.54, 1.807) is 18.2 Å². The highest BCUT2D eigenvalue weighted by atomic mass is 16.6. The molecule has 0 aliphatic carbocycles. The number of carbonyl (C=O) groups is 1. The minimum absolute atomic E-state index is 0.0218. The molecule has 0 radical (unpaired) electrons. The Morgan fingerprint density at radius 1 is 1.11 bits per heavy atom. The Bertz CT molecular complexity index is 622. The molecule has 0 aliphatic heterocycles. The van der Waals surface area contributed by atoms with Crippen LogP contribution in [0.25, 0.3) is 11.1 Å². The van der Waals surface area contributed by atoms with Crippen LogP contribution >= 0.6 is 0 Å². The highest BCUT2D eigenvalue weighted by Gasteiger charge is 2.08. The number of hydrogen-bond donors (Lipinski definition) is 1. The lowest BCUT2D eigenvalue weighted by Gasteiger charge is -2.03. The van der Waals surface area contributed by atoms with E-state index in [0.29, 0.717) is 17.4 Å². The number of hydrogen-bond acceptors (Lipinski definition) is 4. The van der Waals surface area contributed by atoms with Crippen molar-refractivity contribution < 1.29 is 14.8 Å². The Balaban J connectivity index is 2.48. The summed E-state index contributed by atoms with van der Waals surface area (Å²) in [5.41, 5.74) is 1.38. The van der Waals surface area contributed by atoms with E-state index in [4.69, 9.17) is 0 Å². The summed E-state index contributed by atoms with van der Waals surface area (Å²) < 4.78 is 0. The molecule has 0 amide bonds. The summed E-state index contributed by atoms with van der Waals surface area (Å²) in [6, 6.07) is 10.6. The summed E-state index contributed by atoms with van der Waals surface area (Å²) in [5, 5.41) is 20.2. The number of nitro groups is 1. The molecule has 0 atom stereocenters. The molecular formula is C13H9NO4. The minimum Gasteiger partial charge on any atom is -0.507 e. The molecule has 5 heteroatoms. The molecule has 1 N–H and O–H groups in total. The first kappa shape index (κ1) is 11.8. The SMILES string of the molecule is O=Cc1ccc(-c2cccc([N+](=O)[O-])c2)cc1O. The first-order valence-electron chi connectivity index (χ1n) is 5.15. The third kappa shape index (κ3) is 2.20. The van der Waals surface area contributed by atoms with Crippen LogP contribution in [0.4, 0.5) is 5.69 Å². The molecule has 0 aliphatic rings. The van der Waals surface area contributed by atoms with Gasteiger partial charge in [-0.25, -0.2) is 0 Å². The molecule has 0 saturated heterocycles. The third-order valence-electron chi connectivity index (χ3n) is 2.55. The average Bonchev–Trinajstić information content (AvgIpc) is 2.38. The topological polar surface area (TPSA) is 80.4 Å². The largest absolute Gasteiger partial charge is 0.507 e. The fraction of sp³-hybridized carbons (Fsp3) is 0. The van der Waals surface area contributed by atoms with Crippen molar-refractivity contribution in [1.29, 1.82) is 0 Å². The highest BCUT2D eigenvalue weighted by Crippen LogP contribution is 2.27. The van der Waals surface area contributed by atoms with Crippen molar-refractivity contribution in [2.45, 2.75) is 0 Å². The van der Waals surface area contributed by atoms with Crippen LogP contribution in [-0.2, 0) is 0 Å². The van der Waals surface area contributed by atoms with Gasteiger partial charge in [0, 0.05) is 12.1 Å². The van der Waals surface area contributed by atoms with Crippen molar-refractivity contribution in [1.82, 2.24) is 0 Å². The van der Waals surface area contributed by atoms with Gasteiger partial charge in [0.15, 0.2) is 6.29 Å². The summed E-state index contributed by atoms with van der Waals surface area (Å²) in [4.78, 5) is 20.7. The van der Waals surface area contributed by atoms with Crippen LogP contribution in [0.2, 0.25) is 0 Å². The lowest BCUT2D eigenvalue weighted by molar-refractivity contribution is -0.384. The molecular weight excluding hydrogens is 234 g/mol. The Labute approximate surface area is 102 Å². The lowest BCUT2D eigenvalue weighted by atomic mass is 10.0. The van der Waals surface area contributed by atoms with Crippen molar-refractivity contribution in [3.05, 3.63) is 58.1 Å². The van der Waals surface area contributed by atoms with Gasteiger partial charge < -0.3 is 5.11 Å². The van der Waals surface area contributed by atoms with Gasteiger partial charge in [0.2, 0.25) is 0 Å². The molecule has 0 aromatic heterocycles. The van der Waals surface area contributed by atoms with Gasteiger partial charge in [0.25, 0.3) is 5.69 Å². The average molecular weight is 243 g/mol. The van der Waals surface area contributed by atoms with E-state index in [-0.39, 0.29) is 17.0 Å². The van der Waals surface area contributed by atoms with Gasteiger partial charge in [0.05, 0.1) is 10.5 Å². The second-order valence-electron chi connectivity index (χ2n) is 3.70. The molecule has 0 bridgehead atoms. The number of aromatic hydroxyl groups is 1. The van der Waals surface area contributed by atoms with E-state index in [1.165, 1.54) is 24.3 Å². The van der Waals surface area contributed by atoms with Crippen molar-refractivity contribution in [2.75, 3.05) is 0 Å². The van der Waals surface area contributed by atoms with Gasteiger partial charge >= 0.3 is 0 Å². The Kier molecular flexibility index (Phi) is 3.05. The van der Waals surface area contributed by atoms with Crippen LogP contribution in [0.1, 0.15) is 10.4 Å². The Morgan fingerprint density at radius 2 is 1.83 bits per heavy atom. The van der Waals surface area contributed by atoms with E-state index in [1.807, 2.05) is 0 Å². The van der Waals surface area contributed by atoms with Gasteiger partial charge in [-0.2, -0.15) is 0 Å². The third-order valence-corrected chi connectivity index (χ3v) is 2.55. The first-order chi connectivity index (χ1) is 8.61. The second kappa shape index (κ2) is 4.67. The number of rotatable bonds is 3. The number of nitro benzene ring substituents is 1. The zero-order valence-corrected chi connectivity index (χ0v) is 9.24. The maximum atomic E-state index is 10.7. The molecule has 0 heterocycles. The molecule has 18 heavy (non-hydrogen) atoms. The Hall–Kier alpha value is -2.69. The predicted molar refractivity (Wildman–Crippen MR) is 65.6 cm³/mol. The lowest BCUT2D eigenvalue weighted by Crippen LogP contribution is -1.88. The van der Waals surface area contributed by atoms with Crippen LogP contribution in [0, 0.1) is 10.1 Å². The Morgan fingerprint density at radius 3 is 2.44 bits per heavy atom. The van der Waals surface area contributed by atoms with E-state index < -0.39 is 4.92 Å². The number of non-ortho nitro benzene ring substituents is 1. The molecule has 0 fully saturated rings. The van der Waals surface area contributed by atoms with Crippen LogP contribution in [0.5, 0.6) is 5.75 Å². The van der Waals surface area contributed by atoms with Crippen molar-refractivity contribution in [3.8, 4) is 16.9 Å². The molecule has 0 saturated carbocycles. The maximum Gasteiger partial charge on any atom is 0.270 e. The number of benzene rings is 2. The van der Waals surface area contributed by atoms with Crippen LogP contribution in [0.3, 0.4) is 0 Å². The predicted octanol–water partition coefficient (Wildman–Crippen LogP) is 2.78. The quantitative estimate of drug-likeness (QED) is 0.510. The molecule has 90 valence electrons. The van der Waals surface area contributed by atoms with Crippen molar-refractivity contribution in [3.63, 3.8) is 0 Å². The monoisotopic (exact) mass is 243 g/mol. The maximum absolute atomic E-state index is 10.7. The van der Waals surface area contributed by atoms with Crippen LogP contribution in [-0.4, -0.2) is 16.3 Å². The molecule has 0 unspecified atom stereocenters. The van der Waals surface area contributed by atoms with Gasteiger partial charge in [-0.05, 0) is 23.3 Å². The molecule has 2 rings (SSSR count). The van der Waals surface area contributed by atoms with E-state index in [0.717, 1.165) is 0 Å². The summed E-state index contributed by atoms with van der Waals surface area (Å²) in [7, 11) is 0. The van der Waals surface area contributed by atoms with E-state index in [9.17, 15) is 20.0 Å². The van der Waals surface area contributed by atoms with Gasteiger partial charge in [0.1, 0.15) is 5.75 Å². The number of phenolic OH excluding ortho intramolecular Hbond substituents is 1. The van der Waals surface area contributed by atoms with Crippen LogP contribution < -0.4 is 0 Å². The van der Waals surface area contributed by atoms with Gasteiger partial charge in [-0.3, -0.25) is 14.9 Å². The van der Waals surface area contributed by atoms with Crippen molar-refractivity contribution in [2.24, 2.45) is 0 Å². The smallest absolute Gasteiger partial charge is 0.270 e. The van der Waals surface area contributed by atoms with E-state index in [2.05, 4.69) is 0 Å². The zero-order chi connectivity index (χ0) is 13.1. The fourth-order valence-electron chi connectivity index (χ4n) is 1.62. The number of nitrogens with zero attached hydrogens (tertiary/aromatic N) is 1. The number of phenols is 1. The first-order valence-corrected chi connectivity index (χ1v) is 5.15. The normalized spacial score (nSPS) is 10.0. The summed E-state index contributed by atoms with van der Waals surface area (Å²) >= 11 is 0. The van der Waals surface area contributed by atoms with Crippen LogP contribution in [0.15, 0.2) is 42.5 Å². The summed E-state index contributed by atoms with van der Waals surface area (Å²) in [5.74, 6) is -0.144. The standard InChI is InChI=1S/C13H9NO4/c15-8-11-5-4-10(7-13(11)16)9-2-1-3-12(6-9)14(17)18/h1-8,16H. The minimum atomic E-state index is -0.483. The van der Waals surface area contributed by atoms with Gasteiger partial charge in [-0.1, -0.05) is 18.2 Å². The molecule has 2 aromatic rings. The number of carbonyl (C=O) groups excluding carboxylic acids is 1. The van der Waals surface area contributed by atoms with Gasteiger partial charge in [-0.15, -0.1) is 0 Å². The molecule has 5 nitrogen and oxygen atoms in total. The van der Waals surface area contributed by atoms with Crippen molar-refractivity contribution >= 4 is 12.0 Å². The highest BCUT2D eigenvalue weighted by molar-refractivity contribution is 5.81. The molecule has 2 aromatic carbocycles. The summed E-state index contributed by atoms with van der Waals surface area (Å²) in [6.45, 7) is 0. The fourth-order valence-corrected chi connectivity index (χ4v) is 1.62. The number of aldehydes is 1. The zero-order valence-electron chi connectivity index (χ0n) is 9.24. The summed E-state index contributed by atoms with van der Waals surface area (Å²) in [6.07, 6.45) is 0.548. The van der Waals surface area contributed by atoms with E-state index >= 15 is 0 Å². The molecule has 0 spiro atoms.